The molecule has 1 fully saturated rings. The maximum atomic E-state index is 12.7. The summed E-state index contributed by atoms with van der Waals surface area (Å²) in [5.74, 6) is 0.645. The first-order valence-electron chi connectivity index (χ1n) is 11.8. The molecule has 2 aromatic carbocycles. The van der Waals surface area contributed by atoms with Crippen molar-refractivity contribution in [3.05, 3.63) is 53.1 Å². The fourth-order valence-electron chi connectivity index (χ4n) is 4.35. The largest absolute Gasteiger partial charge is 0.485 e. The second kappa shape index (κ2) is 11.4. The number of ketones is 1. The van der Waals surface area contributed by atoms with Gasteiger partial charge in [-0.15, -0.1) is 0 Å². The van der Waals surface area contributed by atoms with Crippen molar-refractivity contribution in [2.45, 2.75) is 51.0 Å². The number of carbonyl (C=O) groups is 3. The Kier molecular flexibility index (Phi) is 8.06. The molecule has 34 heavy (non-hydrogen) atoms. The van der Waals surface area contributed by atoms with Gasteiger partial charge in [0.25, 0.3) is 5.91 Å². The fraction of sp³-hybridized carbons (Fsp3) is 0.423. The fourth-order valence-corrected chi connectivity index (χ4v) is 4.53. The molecule has 0 aromatic heterocycles. The average Bonchev–Trinajstić information content (AvgIpc) is 2.84. The van der Waals surface area contributed by atoms with E-state index in [0.717, 1.165) is 25.7 Å². The van der Waals surface area contributed by atoms with Gasteiger partial charge in [-0.2, -0.15) is 0 Å². The highest BCUT2D eigenvalue weighted by Gasteiger charge is 2.27. The number of hydrogen-bond acceptors (Lipinski definition) is 5. The number of benzene rings is 2. The summed E-state index contributed by atoms with van der Waals surface area (Å²) in [5, 5.41) is 3.63. The number of fused-ring (bicyclic) bond motifs is 1. The first kappa shape index (κ1) is 24.1. The van der Waals surface area contributed by atoms with Crippen LogP contribution in [0.25, 0.3) is 0 Å². The van der Waals surface area contributed by atoms with E-state index in [1.165, 1.54) is 6.42 Å². The van der Waals surface area contributed by atoms with Crippen LogP contribution in [0.4, 0.5) is 5.69 Å². The van der Waals surface area contributed by atoms with Gasteiger partial charge in [0.2, 0.25) is 5.91 Å². The summed E-state index contributed by atoms with van der Waals surface area (Å²) in [6.07, 6.45) is 6.52. The van der Waals surface area contributed by atoms with Gasteiger partial charge in [-0.3, -0.25) is 14.4 Å². The minimum absolute atomic E-state index is 0.0231. The molecule has 0 spiro atoms. The molecule has 0 unspecified atom stereocenters. The van der Waals surface area contributed by atoms with Crippen molar-refractivity contribution in [2.24, 2.45) is 0 Å². The Bertz CT molecular complexity index is 1050. The van der Waals surface area contributed by atoms with Crippen LogP contribution in [0.2, 0.25) is 5.02 Å². The molecule has 0 saturated heterocycles. The second-order valence-electron chi connectivity index (χ2n) is 8.69. The first-order chi connectivity index (χ1) is 16.5. The molecule has 1 heterocycles. The highest BCUT2D eigenvalue weighted by Crippen LogP contribution is 2.33. The third-order valence-corrected chi connectivity index (χ3v) is 6.38. The van der Waals surface area contributed by atoms with Crippen LogP contribution in [0.3, 0.4) is 0 Å². The SMILES string of the molecule is O=C(CCCN1C(=O)COc2ccc(C(=O)COc3cccc(Cl)c3)cc21)NC1CCCCC1. The van der Waals surface area contributed by atoms with Gasteiger partial charge in [0.05, 0.1) is 5.69 Å². The van der Waals surface area contributed by atoms with Gasteiger partial charge in [-0.05, 0) is 55.7 Å². The number of rotatable bonds is 9. The Balaban J connectivity index is 1.35. The summed E-state index contributed by atoms with van der Waals surface area (Å²) < 4.78 is 11.1. The molecule has 1 aliphatic carbocycles. The zero-order valence-corrected chi connectivity index (χ0v) is 19.8. The van der Waals surface area contributed by atoms with Crippen LogP contribution in [0.5, 0.6) is 11.5 Å². The lowest BCUT2D eigenvalue weighted by molar-refractivity contribution is -0.123. The van der Waals surface area contributed by atoms with Crippen LogP contribution in [-0.4, -0.2) is 43.4 Å². The third-order valence-electron chi connectivity index (χ3n) is 6.15. The first-order valence-corrected chi connectivity index (χ1v) is 12.2. The summed E-state index contributed by atoms with van der Waals surface area (Å²) in [7, 11) is 0. The van der Waals surface area contributed by atoms with E-state index < -0.39 is 0 Å². The minimum atomic E-state index is -0.229. The predicted octanol–water partition coefficient (Wildman–Crippen LogP) is 4.56. The Hall–Kier alpha value is -3.06. The molecule has 1 N–H and O–H groups in total. The van der Waals surface area contributed by atoms with E-state index in [-0.39, 0.29) is 36.9 Å². The van der Waals surface area contributed by atoms with Crippen molar-refractivity contribution in [2.75, 3.05) is 24.7 Å². The highest BCUT2D eigenvalue weighted by atomic mass is 35.5. The number of Topliss-reactive ketones (excluding diaryl/α,β-unsaturated/α-hetero) is 1. The van der Waals surface area contributed by atoms with Gasteiger partial charge < -0.3 is 19.7 Å². The number of amides is 2. The molecule has 0 bridgehead atoms. The van der Waals surface area contributed by atoms with Crippen molar-refractivity contribution in [3.8, 4) is 11.5 Å². The van der Waals surface area contributed by atoms with Crippen LogP contribution in [0, 0.1) is 0 Å². The van der Waals surface area contributed by atoms with E-state index in [1.54, 1.807) is 47.4 Å². The molecule has 4 rings (SSSR count). The lowest BCUT2D eigenvalue weighted by Crippen LogP contribution is -2.40. The zero-order chi connectivity index (χ0) is 23.9. The molecule has 2 aromatic rings. The van der Waals surface area contributed by atoms with E-state index in [2.05, 4.69) is 5.32 Å². The van der Waals surface area contributed by atoms with Crippen molar-refractivity contribution in [1.29, 1.82) is 0 Å². The van der Waals surface area contributed by atoms with Crippen molar-refractivity contribution < 1.29 is 23.9 Å². The van der Waals surface area contributed by atoms with Gasteiger partial charge in [-0.1, -0.05) is 36.9 Å². The maximum Gasteiger partial charge on any atom is 0.265 e. The lowest BCUT2D eigenvalue weighted by atomic mass is 9.95. The monoisotopic (exact) mass is 484 g/mol. The van der Waals surface area contributed by atoms with E-state index >= 15 is 0 Å². The van der Waals surface area contributed by atoms with Gasteiger partial charge in [0, 0.05) is 29.6 Å². The van der Waals surface area contributed by atoms with Gasteiger partial charge in [0.15, 0.2) is 19.0 Å². The summed E-state index contributed by atoms with van der Waals surface area (Å²) in [5.41, 5.74) is 0.955. The molecule has 1 saturated carbocycles. The Morgan fingerprint density at radius 2 is 1.94 bits per heavy atom. The van der Waals surface area contributed by atoms with Gasteiger partial charge in [-0.25, -0.2) is 0 Å². The number of carbonyl (C=O) groups excluding carboxylic acids is 3. The topological polar surface area (TPSA) is 84.9 Å². The number of nitrogens with one attached hydrogen (secondary N) is 1. The second-order valence-corrected chi connectivity index (χ2v) is 9.13. The Morgan fingerprint density at radius 3 is 2.74 bits per heavy atom. The molecular formula is C26H29ClN2O5. The van der Waals surface area contributed by atoms with E-state index in [1.807, 2.05) is 0 Å². The maximum absolute atomic E-state index is 12.7. The quantitative estimate of drug-likeness (QED) is 0.527. The number of ether oxygens (including phenoxy) is 2. The van der Waals surface area contributed by atoms with Crippen LogP contribution in [0.15, 0.2) is 42.5 Å². The summed E-state index contributed by atoms with van der Waals surface area (Å²) in [4.78, 5) is 39.2. The highest BCUT2D eigenvalue weighted by molar-refractivity contribution is 6.30. The standard InChI is InChI=1S/C26H29ClN2O5/c27-19-6-4-9-21(15-19)33-16-23(30)18-11-12-24-22(14-18)29(26(32)17-34-24)13-5-10-25(31)28-20-7-2-1-3-8-20/h4,6,9,11-12,14-15,20H,1-3,5,7-8,10,13,16-17H2,(H,28,31). The predicted molar refractivity (Wildman–Crippen MR) is 130 cm³/mol. The van der Waals surface area contributed by atoms with Crippen LogP contribution >= 0.6 is 11.6 Å². The van der Waals surface area contributed by atoms with Crippen molar-refractivity contribution in [3.63, 3.8) is 0 Å². The Labute approximate surface area is 204 Å². The third kappa shape index (κ3) is 6.29. The summed E-state index contributed by atoms with van der Waals surface area (Å²) in [6, 6.07) is 12.1. The van der Waals surface area contributed by atoms with Crippen LogP contribution in [0.1, 0.15) is 55.3 Å². The van der Waals surface area contributed by atoms with Gasteiger partial charge in [0.1, 0.15) is 11.5 Å². The van der Waals surface area contributed by atoms with Crippen LogP contribution < -0.4 is 19.7 Å². The minimum Gasteiger partial charge on any atom is -0.485 e. The van der Waals surface area contributed by atoms with Crippen molar-refractivity contribution >= 4 is 34.9 Å². The molecule has 2 aliphatic rings. The van der Waals surface area contributed by atoms with Gasteiger partial charge >= 0.3 is 0 Å². The van der Waals surface area contributed by atoms with E-state index in [4.69, 9.17) is 21.1 Å². The number of nitrogens with zero attached hydrogens (tertiary/aromatic N) is 1. The zero-order valence-electron chi connectivity index (χ0n) is 19.1. The van der Waals surface area contributed by atoms with Crippen LogP contribution in [-0.2, 0) is 9.59 Å². The summed E-state index contributed by atoms with van der Waals surface area (Å²) >= 11 is 5.95. The smallest absolute Gasteiger partial charge is 0.265 e. The van der Waals surface area contributed by atoms with E-state index in [9.17, 15) is 14.4 Å². The lowest BCUT2D eigenvalue weighted by Gasteiger charge is -2.30. The number of halogens is 1. The van der Waals surface area contributed by atoms with Crippen molar-refractivity contribution in [1.82, 2.24) is 5.32 Å². The molecule has 0 radical (unpaired) electrons. The molecule has 180 valence electrons. The molecular weight excluding hydrogens is 456 g/mol. The molecule has 7 nitrogen and oxygen atoms in total. The Morgan fingerprint density at radius 1 is 1.12 bits per heavy atom. The molecule has 2 amide bonds. The molecule has 1 aliphatic heterocycles. The normalized spacial score (nSPS) is 15.9. The average molecular weight is 485 g/mol. The van der Waals surface area contributed by atoms with E-state index in [0.29, 0.717) is 47.2 Å². The summed E-state index contributed by atoms with van der Waals surface area (Å²) in [6.45, 7) is 0.158. The molecule has 0 atom stereocenters. The number of hydrogen-bond donors (Lipinski definition) is 1. The number of anilines is 1. The molecule has 8 heteroatoms.